The van der Waals surface area contributed by atoms with Crippen molar-refractivity contribution in [1.29, 1.82) is 0 Å². The first-order chi connectivity index (χ1) is 8.77. The number of nitrogens with one attached hydrogen (secondary N) is 1. The van der Waals surface area contributed by atoms with Gasteiger partial charge in [-0.2, -0.15) is 12.7 Å². The maximum absolute atomic E-state index is 12.1. The number of nitrogens with two attached hydrogens (primary N) is 1. The molecule has 8 heteroatoms. The van der Waals surface area contributed by atoms with Gasteiger partial charge in [-0.15, -0.1) is 0 Å². The molecule has 0 aromatic heterocycles. The summed E-state index contributed by atoms with van der Waals surface area (Å²) in [5.41, 5.74) is 6.90. The fraction of sp³-hybridized carbons (Fsp3) is 0.455. The molecular weight excluding hydrogens is 398 g/mol. The zero-order valence-corrected chi connectivity index (χ0v) is 14.8. The van der Waals surface area contributed by atoms with Crippen molar-refractivity contribution in [3.8, 4) is 0 Å². The fourth-order valence-corrected chi connectivity index (χ4v) is 4.32. The Bertz CT molecular complexity index is 526. The van der Waals surface area contributed by atoms with Gasteiger partial charge in [-0.3, -0.25) is 4.72 Å². The van der Waals surface area contributed by atoms with E-state index >= 15 is 0 Å². The molecule has 19 heavy (non-hydrogen) atoms. The summed E-state index contributed by atoms with van der Waals surface area (Å²) >= 11 is 6.71. The van der Waals surface area contributed by atoms with Gasteiger partial charge in [-0.05, 0) is 69.4 Å². The van der Waals surface area contributed by atoms with E-state index in [1.165, 1.54) is 11.4 Å². The Kier molecular flexibility index (Phi) is 6.25. The quantitative estimate of drug-likeness (QED) is 0.750. The minimum absolute atomic E-state index is 0.382. The monoisotopic (exact) mass is 413 g/mol. The first-order valence-corrected chi connectivity index (χ1v) is 8.70. The van der Waals surface area contributed by atoms with Gasteiger partial charge in [0, 0.05) is 22.5 Å². The van der Waals surface area contributed by atoms with Crippen LogP contribution in [0.4, 0.5) is 5.69 Å². The standard InChI is InChI=1S/C11H17Br2N3O2S/c1-8-6-9(12)11(10(13)7-8)15-19(17,18)16(2)5-3-4-14/h6-7,15H,3-5,14H2,1-2H3. The summed E-state index contributed by atoms with van der Waals surface area (Å²) in [7, 11) is -2.05. The van der Waals surface area contributed by atoms with Crippen molar-refractivity contribution in [3.05, 3.63) is 26.6 Å². The van der Waals surface area contributed by atoms with Gasteiger partial charge in [0.1, 0.15) is 0 Å². The average Bonchev–Trinajstić information content (AvgIpc) is 2.30. The van der Waals surface area contributed by atoms with Gasteiger partial charge in [0.2, 0.25) is 0 Å². The first kappa shape index (κ1) is 16.9. The van der Waals surface area contributed by atoms with E-state index in [0.29, 0.717) is 34.1 Å². The summed E-state index contributed by atoms with van der Waals surface area (Å²) in [6.45, 7) is 2.77. The van der Waals surface area contributed by atoms with Crippen LogP contribution in [0.25, 0.3) is 0 Å². The smallest absolute Gasteiger partial charge is 0.301 e. The Morgan fingerprint density at radius 1 is 1.32 bits per heavy atom. The van der Waals surface area contributed by atoms with E-state index in [2.05, 4.69) is 36.6 Å². The molecule has 0 aliphatic carbocycles. The molecule has 0 radical (unpaired) electrons. The predicted molar refractivity (Wildman–Crippen MR) is 85.4 cm³/mol. The zero-order chi connectivity index (χ0) is 14.6. The Morgan fingerprint density at radius 3 is 2.32 bits per heavy atom. The van der Waals surface area contributed by atoms with Crippen LogP contribution in [0.15, 0.2) is 21.1 Å². The molecule has 1 aromatic carbocycles. The highest BCUT2D eigenvalue weighted by molar-refractivity contribution is 9.11. The van der Waals surface area contributed by atoms with Gasteiger partial charge in [0.05, 0.1) is 5.69 Å². The molecule has 0 aliphatic rings. The maximum atomic E-state index is 12.1. The van der Waals surface area contributed by atoms with Gasteiger partial charge in [-0.25, -0.2) is 0 Å². The van der Waals surface area contributed by atoms with E-state index in [4.69, 9.17) is 5.73 Å². The molecule has 0 amide bonds. The Labute approximate surface area is 131 Å². The number of nitrogens with zero attached hydrogens (tertiary/aromatic N) is 1. The van der Waals surface area contributed by atoms with Gasteiger partial charge >= 0.3 is 10.2 Å². The number of hydrogen-bond donors (Lipinski definition) is 2. The molecule has 108 valence electrons. The van der Waals surface area contributed by atoms with Crippen LogP contribution in [0.1, 0.15) is 12.0 Å². The Balaban J connectivity index is 2.96. The predicted octanol–water partition coefficient (Wildman–Crippen LogP) is 2.46. The second kappa shape index (κ2) is 7.03. The number of rotatable bonds is 6. The number of hydrogen-bond acceptors (Lipinski definition) is 3. The highest BCUT2D eigenvalue weighted by Crippen LogP contribution is 2.33. The van der Waals surface area contributed by atoms with Crippen LogP contribution in [0, 0.1) is 6.92 Å². The molecule has 3 N–H and O–H groups in total. The largest absolute Gasteiger partial charge is 0.330 e. The summed E-state index contributed by atoms with van der Waals surface area (Å²) in [4.78, 5) is 0. The zero-order valence-electron chi connectivity index (χ0n) is 10.8. The van der Waals surface area contributed by atoms with Crippen LogP contribution in [-0.2, 0) is 10.2 Å². The van der Waals surface area contributed by atoms with Crippen LogP contribution < -0.4 is 10.5 Å². The highest BCUT2D eigenvalue weighted by Gasteiger charge is 2.19. The average molecular weight is 415 g/mol. The molecule has 0 unspecified atom stereocenters. The van der Waals surface area contributed by atoms with Crippen LogP contribution in [0.3, 0.4) is 0 Å². The lowest BCUT2D eigenvalue weighted by Gasteiger charge is -2.19. The lowest BCUT2D eigenvalue weighted by Crippen LogP contribution is -2.34. The van der Waals surface area contributed by atoms with Gasteiger partial charge in [-0.1, -0.05) is 0 Å². The summed E-state index contributed by atoms with van der Waals surface area (Å²) in [5, 5.41) is 0. The SMILES string of the molecule is Cc1cc(Br)c(NS(=O)(=O)N(C)CCCN)c(Br)c1. The molecule has 0 saturated heterocycles. The summed E-state index contributed by atoms with van der Waals surface area (Å²) in [5.74, 6) is 0. The van der Waals surface area contributed by atoms with Crippen molar-refractivity contribution in [2.75, 3.05) is 24.9 Å². The highest BCUT2D eigenvalue weighted by atomic mass is 79.9. The van der Waals surface area contributed by atoms with E-state index in [1.54, 1.807) is 0 Å². The van der Waals surface area contributed by atoms with Crippen LogP contribution in [-0.4, -0.2) is 32.9 Å². The van der Waals surface area contributed by atoms with Crippen molar-refractivity contribution in [1.82, 2.24) is 4.31 Å². The third-order valence-corrected chi connectivity index (χ3v) is 5.22. The van der Waals surface area contributed by atoms with Gasteiger partial charge in [0.25, 0.3) is 0 Å². The Morgan fingerprint density at radius 2 is 1.84 bits per heavy atom. The Hall–Kier alpha value is -0.150. The molecule has 0 aliphatic heterocycles. The summed E-state index contributed by atoms with van der Waals surface area (Å²) in [6, 6.07) is 3.70. The molecule has 0 heterocycles. The number of anilines is 1. The van der Waals surface area contributed by atoms with Crippen LogP contribution in [0.5, 0.6) is 0 Å². The third kappa shape index (κ3) is 4.71. The third-order valence-electron chi connectivity index (χ3n) is 2.50. The van der Waals surface area contributed by atoms with Crippen molar-refractivity contribution in [2.24, 2.45) is 5.73 Å². The molecule has 0 fully saturated rings. The van der Waals surface area contributed by atoms with E-state index in [9.17, 15) is 8.42 Å². The van der Waals surface area contributed by atoms with E-state index in [0.717, 1.165) is 5.56 Å². The minimum atomic E-state index is -3.58. The van der Waals surface area contributed by atoms with E-state index in [1.807, 2.05) is 19.1 Å². The topological polar surface area (TPSA) is 75.4 Å². The molecule has 5 nitrogen and oxygen atoms in total. The van der Waals surface area contributed by atoms with Crippen LogP contribution >= 0.6 is 31.9 Å². The molecule has 1 aromatic rings. The van der Waals surface area contributed by atoms with Crippen molar-refractivity contribution < 1.29 is 8.42 Å². The van der Waals surface area contributed by atoms with E-state index < -0.39 is 10.2 Å². The van der Waals surface area contributed by atoms with Crippen molar-refractivity contribution >= 4 is 47.8 Å². The molecule has 0 atom stereocenters. The molecule has 0 spiro atoms. The van der Waals surface area contributed by atoms with Gasteiger partial charge < -0.3 is 5.73 Å². The van der Waals surface area contributed by atoms with Crippen molar-refractivity contribution in [3.63, 3.8) is 0 Å². The minimum Gasteiger partial charge on any atom is -0.330 e. The van der Waals surface area contributed by atoms with Crippen molar-refractivity contribution in [2.45, 2.75) is 13.3 Å². The summed E-state index contributed by atoms with van der Waals surface area (Å²) < 4.78 is 29.4. The van der Waals surface area contributed by atoms with Crippen LogP contribution in [0.2, 0.25) is 0 Å². The number of halogens is 2. The lowest BCUT2D eigenvalue weighted by molar-refractivity contribution is 0.468. The van der Waals surface area contributed by atoms with Gasteiger partial charge in [0.15, 0.2) is 0 Å². The second-order valence-electron chi connectivity index (χ2n) is 4.17. The second-order valence-corrected chi connectivity index (χ2v) is 7.66. The number of benzene rings is 1. The first-order valence-electron chi connectivity index (χ1n) is 5.67. The lowest BCUT2D eigenvalue weighted by atomic mass is 10.2. The number of aryl methyl sites for hydroxylation is 1. The fourth-order valence-electron chi connectivity index (χ4n) is 1.44. The molecule has 0 saturated carbocycles. The molecule has 0 bridgehead atoms. The normalized spacial score (nSPS) is 11.9. The maximum Gasteiger partial charge on any atom is 0.301 e. The molecular formula is C11H17Br2N3O2S. The summed E-state index contributed by atoms with van der Waals surface area (Å²) in [6.07, 6.45) is 0.619. The molecule has 1 rings (SSSR count). The van der Waals surface area contributed by atoms with E-state index in [-0.39, 0.29) is 0 Å².